The molecule has 0 spiro atoms. The number of hydrogen-bond donors (Lipinski definition) is 1. The van der Waals surface area contributed by atoms with E-state index in [2.05, 4.69) is 9.97 Å². The molecule has 2 rings (SSSR count). The largest absolute Gasteiger partial charge is 0.378 e. The van der Waals surface area contributed by atoms with E-state index >= 15 is 0 Å². The highest BCUT2D eigenvalue weighted by Crippen LogP contribution is 2.26. The van der Waals surface area contributed by atoms with Gasteiger partial charge in [-0.15, -0.1) is 0 Å². The smallest absolute Gasteiger partial charge is 0.329 e. The van der Waals surface area contributed by atoms with Crippen LogP contribution in [0.1, 0.15) is 32.1 Å². The Bertz CT molecular complexity index is 445. The molecule has 1 aromatic heterocycles. The average Bonchev–Trinajstić information content (AvgIpc) is 2.38. The first-order chi connectivity index (χ1) is 8.59. The fourth-order valence-electron chi connectivity index (χ4n) is 2.32. The van der Waals surface area contributed by atoms with Crippen molar-refractivity contribution in [3.63, 3.8) is 0 Å². The second kappa shape index (κ2) is 5.16. The number of nitrogens with zero attached hydrogens (tertiary/aromatic N) is 4. The van der Waals surface area contributed by atoms with Crippen LogP contribution in [0, 0.1) is 10.1 Å². The molecule has 98 valence electrons. The van der Waals surface area contributed by atoms with E-state index in [9.17, 15) is 10.1 Å². The maximum Gasteiger partial charge on any atom is 0.329 e. The summed E-state index contributed by atoms with van der Waals surface area (Å²) in [6.07, 6.45) is 7.08. The number of hydrogen-bond acceptors (Lipinski definition) is 6. The third kappa shape index (κ3) is 2.49. The minimum Gasteiger partial charge on any atom is -0.378 e. The summed E-state index contributed by atoms with van der Waals surface area (Å²) in [6.45, 7) is 0. The van der Waals surface area contributed by atoms with Crippen molar-refractivity contribution in [1.29, 1.82) is 0 Å². The predicted octanol–water partition coefficient (Wildman–Crippen LogP) is 1.74. The number of nitro groups is 1. The fourth-order valence-corrected chi connectivity index (χ4v) is 2.32. The van der Waals surface area contributed by atoms with Crippen LogP contribution < -0.4 is 10.6 Å². The Morgan fingerprint density at radius 1 is 1.44 bits per heavy atom. The molecule has 2 N–H and O–H groups in total. The second-order valence-corrected chi connectivity index (χ2v) is 4.60. The van der Waals surface area contributed by atoms with Gasteiger partial charge in [0.2, 0.25) is 11.8 Å². The lowest BCUT2D eigenvalue weighted by molar-refractivity contribution is -0.384. The quantitative estimate of drug-likeness (QED) is 0.649. The molecule has 1 saturated carbocycles. The molecule has 0 amide bonds. The van der Waals surface area contributed by atoms with Gasteiger partial charge in [0.1, 0.15) is 6.20 Å². The Hall–Kier alpha value is -1.92. The Morgan fingerprint density at radius 3 is 2.67 bits per heavy atom. The van der Waals surface area contributed by atoms with E-state index in [1.807, 2.05) is 11.9 Å². The van der Waals surface area contributed by atoms with Crippen LogP contribution in [0.15, 0.2) is 6.20 Å². The molecule has 7 heteroatoms. The molecular formula is C11H17N5O2. The summed E-state index contributed by atoms with van der Waals surface area (Å²) in [7, 11) is 1.91. The molecule has 1 aliphatic rings. The highest BCUT2D eigenvalue weighted by atomic mass is 16.6. The maximum absolute atomic E-state index is 10.6. The van der Waals surface area contributed by atoms with E-state index in [1.54, 1.807) is 0 Å². The van der Waals surface area contributed by atoms with Gasteiger partial charge in [-0.3, -0.25) is 10.1 Å². The van der Waals surface area contributed by atoms with E-state index in [4.69, 9.17) is 5.73 Å². The first-order valence-electron chi connectivity index (χ1n) is 6.09. The minimum atomic E-state index is -0.570. The average molecular weight is 251 g/mol. The molecule has 0 bridgehead atoms. The molecule has 18 heavy (non-hydrogen) atoms. The van der Waals surface area contributed by atoms with Crippen molar-refractivity contribution in [2.75, 3.05) is 17.7 Å². The highest BCUT2D eigenvalue weighted by molar-refractivity contribution is 5.53. The Labute approximate surface area is 105 Å². The molecule has 1 aliphatic carbocycles. The zero-order valence-electron chi connectivity index (χ0n) is 10.4. The van der Waals surface area contributed by atoms with E-state index < -0.39 is 4.92 Å². The molecule has 1 heterocycles. The topological polar surface area (TPSA) is 98.2 Å². The molecule has 0 saturated heterocycles. The minimum absolute atomic E-state index is 0.0762. The van der Waals surface area contributed by atoms with Gasteiger partial charge in [0, 0.05) is 13.1 Å². The summed E-state index contributed by atoms with van der Waals surface area (Å²) in [5.41, 5.74) is 5.33. The predicted molar refractivity (Wildman–Crippen MR) is 68.4 cm³/mol. The molecule has 7 nitrogen and oxygen atoms in total. The van der Waals surface area contributed by atoms with Crippen LogP contribution in [0.3, 0.4) is 0 Å². The van der Waals surface area contributed by atoms with E-state index in [-0.39, 0.29) is 11.5 Å². The summed E-state index contributed by atoms with van der Waals surface area (Å²) >= 11 is 0. The lowest BCUT2D eigenvalue weighted by atomic mass is 9.95. The van der Waals surface area contributed by atoms with E-state index in [0.717, 1.165) is 12.8 Å². The summed E-state index contributed by atoms with van der Waals surface area (Å²) in [5, 5.41) is 10.6. The first kappa shape index (κ1) is 12.5. The van der Waals surface area contributed by atoms with Crippen LogP contribution in [-0.2, 0) is 0 Å². The van der Waals surface area contributed by atoms with Crippen LogP contribution >= 0.6 is 0 Å². The zero-order valence-corrected chi connectivity index (χ0v) is 10.4. The normalized spacial score (nSPS) is 16.5. The zero-order chi connectivity index (χ0) is 13.1. The summed E-state index contributed by atoms with van der Waals surface area (Å²) in [5.74, 6) is 0.387. The summed E-state index contributed by atoms with van der Waals surface area (Å²) in [4.78, 5) is 20.1. The van der Waals surface area contributed by atoms with Crippen LogP contribution in [0.4, 0.5) is 17.5 Å². The number of nitrogens with two attached hydrogens (primary N) is 1. The van der Waals surface area contributed by atoms with Crippen LogP contribution in [0.25, 0.3) is 0 Å². The van der Waals surface area contributed by atoms with Gasteiger partial charge in [0.15, 0.2) is 0 Å². The standard InChI is InChI=1S/C11H17N5O2/c1-15(8-5-3-2-4-6-8)11-13-7-9(16(17)18)10(12)14-11/h7-8H,2-6H2,1H3,(H2,12,13,14). The summed E-state index contributed by atoms with van der Waals surface area (Å²) in [6, 6.07) is 0.402. The van der Waals surface area contributed by atoms with Gasteiger partial charge in [-0.1, -0.05) is 19.3 Å². The maximum atomic E-state index is 10.6. The van der Waals surface area contributed by atoms with Crippen molar-refractivity contribution in [1.82, 2.24) is 9.97 Å². The lowest BCUT2D eigenvalue weighted by Gasteiger charge is -2.31. The third-order valence-electron chi connectivity index (χ3n) is 3.42. The molecule has 0 radical (unpaired) electrons. The van der Waals surface area contributed by atoms with Gasteiger partial charge in [-0.05, 0) is 12.8 Å². The SMILES string of the molecule is CN(c1ncc([N+](=O)[O-])c(N)n1)C1CCCCC1. The Morgan fingerprint density at radius 2 is 2.11 bits per heavy atom. The van der Waals surface area contributed by atoms with Gasteiger partial charge in [-0.25, -0.2) is 4.98 Å². The van der Waals surface area contributed by atoms with Crippen molar-refractivity contribution < 1.29 is 4.92 Å². The number of nitrogen functional groups attached to an aromatic ring is 1. The Kier molecular flexibility index (Phi) is 3.59. The van der Waals surface area contributed by atoms with Gasteiger partial charge < -0.3 is 10.6 Å². The van der Waals surface area contributed by atoms with Crippen molar-refractivity contribution in [3.8, 4) is 0 Å². The molecule has 1 aromatic rings. The third-order valence-corrected chi connectivity index (χ3v) is 3.42. The monoisotopic (exact) mass is 251 g/mol. The van der Waals surface area contributed by atoms with Crippen molar-refractivity contribution >= 4 is 17.5 Å². The summed E-state index contributed by atoms with van der Waals surface area (Å²) < 4.78 is 0. The van der Waals surface area contributed by atoms with Crippen LogP contribution in [0.2, 0.25) is 0 Å². The van der Waals surface area contributed by atoms with Gasteiger partial charge in [0.25, 0.3) is 0 Å². The van der Waals surface area contributed by atoms with E-state index in [1.165, 1.54) is 25.5 Å². The molecule has 0 atom stereocenters. The van der Waals surface area contributed by atoms with Gasteiger partial charge in [-0.2, -0.15) is 4.98 Å². The second-order valence-electron chi connectivity index (χ2n) is 4.60. The van der Waals surface area contributed by atoms with E-state index in [0.29, 0.717) is 12.0 Å². The first-order valence-corrected chi connectivity index (χ1v) is 6.09. The van der Waals surface area contributed by atoms with Crippen LogP contribution in [0.5, 0.6) is 0 Å². The molecule has 1 fully saturated rings. The number of rotatable bonds is 3. The fraction of sp³-hybridized carbons (Fsp3) is 0.636. The lowest BCUT2D eigenvalue weighted by Crippen LogP contribution is -2.34. The van der Waals surface area contributed by atoms with Gasteiger partial charge >= 0.3 is 5.69 Å². The molecular weight excluding hydrogens is 234 g/mol. The number of anilines is 2. The molecule has 0 aromatic carbocycles. The Balaban J connectivity index is 2.17. The number of aromatic nitrogens is 2. The van der Waals surface area contributed by atoms with Crippen molar-refractivity contribution in [2.24, 2.45) is 0 Å². The van der Waals surface area contributed by atoms with Crippen molar-refractivity contribution in [3.05, 3.63) is 16.3 Å². The van der Waals surface area contributed by atoms with Gasteiger partial charge in [0.05, 0.1) is 4.92 Å². The molecule has 0 unspecified atom stereocenters. The molecule has 0 aliphatic heterocycles. The van der Waals surface area contributed by atoms with Crippen molar-refractivity contribution in [2.45, 2.75) is 38.1 Å². The van der Waals surface area contributed by atoms with Crippen LogP contribution in [-0.4, -0.2) is 28.0 Å². The highest BCUT2D eigenvalue weighted by Gasteiger charge is 2.22.